The van der Waals surface area contributed by atoms with E-state index in [0.717, 1.165) is 24.5 Å². The molecule has 0 radical (unpaired) electrons. The van der Waals surface area contributed by atoms with Gasteiger partial charge in [-0.25, -0.2) is 0 Å². The number of hydrogen-bond donors (Lipinski definition) is 0. The van der Waals surface area contributed by atoms with Crippen molar-refractivity contribution in [1.29, 1.82) is 0 Å². The van der Waals surface area contributed by atoms with Crippen LogP contribution in [0.3, 0.4) is 0 Å². The summed E-state index contributed by atoms with van der Waals surface area (Å²) in [6.45, 7) is 9.64. The monoisotopic (exact) mass is 322 g/mol. The third-order valence-electron chi connectivity index (χ3n) is 4.43. The molecule has 1 atom stereocenters. The highest BCUT2D eigenvalue weighted by molar-refractivity contribution is 7.14. The fourth-order valence-corrected chi connectivity index (χ4v) is 4.55. The van der Waals surface area contributed by atoms with Gasteiger partial charge < -0.3 is 9.64 Å². The topological polar surface area (TPSA) is 32.8 Å². The molecule has 2 fully saturated rings. The summed E-state index contributed by atoms with van der Waals surface area (Å²) >= 11 is 1.69. The quantitative estimate of drug-likeness (QED) is 0.854. The molecule has 1 aromatic rings. The van der Waals surface area contributed by atoms with Crippen LogP contribution in [0.4, 0.5) is 0 Å². The standard InChI is InChI=1S/C17H26N2O2S/c1-13(2)12-19-7-3-4-14(19)15-5-6-16(22-15)17(20)18-8-10-21-11-9-18/h5-6,13-14H,3-4,7-12H2,1-2H3/t14-/m0/s1. The molecule has 5 heteroatoms. The van der Waals surface area contributed by atoms with Gasteiger partial charge in [-0.15, -0.1) is 11.3 Å². The van der Waals surface area contributed by atoms with Gasteiger partial charge in [0.2, 0.25) is 0 Å². The minimum Gasteiger partial charge on any atom is -0.378 e. The minimum atomic E-state index is 0.174. The number of morpholine rings is 1. The summed E-state index contributed by atoms with van der Waals surface area (Å²) in [4.78, 5) is 19.3. The lowest BCUT2D eigenvalue weighted by Crippen LogP contribution is -2.40. The van der Waals surface area contributed by atoms with Crippen molar-refractivity contribution in [3.05, 3.63) is 21.9 Å². The Morgan fingerprint density at radius 2 is 2.09 bits per heavy atom. The molecule has 0 aromatic carbocycles. The highest BCUT2D eigenvalue weighted by atomic mass is 32.1. The molecule has 1 amide bonds. The van der Waals surface area contributed by atoms with Crippen molar-refractivity contribution in [2.75, 3.05) is 39.4 Å². The molecule has 0 unspecified atom stereocenters. The Bertz CT molecular complexity index is 509. The van der Waals surface area contributed by atoms with E-state index in [2.05, 4.69) is 24.8 Å². The molecule has 2 aliphatic rings. The van der Waals surface area contributed by atoms with Crippen LogP contribution in [0.25, 0.3) is 0 Å². The average Bonchev–Trinajstić information content (AvgIpc) is 3.15. The molecule has 0 saturated carbocycles. The Hall–Kier alpha value is -0.910. The number of likely N-dealkylation sites (tertiary alicyclic amines) is 1. The number of thiophene rings is 1. The first-order valence-electron chi connectivity index (χ1n) is 8.36. The Kier molecular flexibility index (Phi) is 5.16. The van der Waals surface area contributed by atoms with E-state index in [9.17, 15) is 4.79 Å². The first kappa shape index (κ1) is 16.0. The molecule has 1 aromatic heterocycles. The van der Waals surface area contributed by atoms with Crippen LogP contribution in [-0.4, -0.2) is 55.1 Å². The zero-order valence-electron chi connectivity index (χ0n) is 13.6. The Balaban J connectivity index is 1.68. The largest absolute Gasteiger partial charge is 0.378 e. The lowest BCUT2D eigenvalue weighted by Gasteiger charge is -2.26. The van der Waals surface area contributed by atoms with Crippen molar-refractivity contribution in [2.24, 2.45) is 5.92 Å². The minimum absolute atomic E-state index is 0.174. The Labute approximate surface area is 137 Å². The summed E-state index contributed by atoms with van der Waals surface area (Å²) < 4.78 is 5.33. The van der Waals surface area contributed by atoms with Gasteiger partial charge in [0, 0.05) is 30.6 Å². The molecular weight excluding hydrogens is 296 g/mol. The number of amides is 1. The van der Waals surface area contributed by atoms with E-state index in [-0.39, 0.29) is 5.91 Å². The van der Waals surface area contributed by atoms with Crippen molar-refractivity contribution in [1.82, 2.24) is 9.80 Å². The number of hydrogen-bond acceptors (Lipinski definition) is 4. The number of carbonyl (C=O) groups is 1. The number of nitrogens with zero attached hydrogens (tertiary/aromatic N) is 2. The molecule has 2 saturated heterocycles. The molecule has 2 aliphatic heterocycles. The van der Waals surface area contributed by atoms with Crippen molar-refractivity contribution < 1.29 is 9.53 Å². The highest BCUT2D eigenvalue weighted by Gasteiger charge is 2.28. The summed E-state index contributed by atoms with van der Waals surface area (Å²) in [5, 5.41) is 0. The molecule has 3 heterocycles. The van der Waals surface area contributed by atoms with Crippen LogP contribution < -0.4 is 0 Å². The predicted molar refractivity (Wildman–Crippen MR) is 89.4 cm³/mol. The van der Waals surface area contributed by atoms with E-state index >= 15 is 0 Å². The van der Waals surface area contributed by atoms with E-state index < -0.39 is 0 Å². The molecule has 0 spiro atoms. The zero-order valence-corrected chi connectivity index (χ0v) is 14.4. The molecule has 0 bridgehead atoms. The fourth-order valence-electron chi connectivity index (χ4n) is 3.41. The van der Waals surface area contributed by atoms with E-state index in [1.165, 1.54) is 24.3 Å². The average molecular weight is 322 g/mol. The predicted octanol–water partition coefficient (Wildman–Crippen LogP) is 3.01. The van der Waals surface area contributed by atoms with Crippen molar-refractivity contribution in [3.8, 4) is 0 Å². The van der Waals surface area contributed by atoms with Crippen LogP contribution in [-0.2, 0) is 4.74 Å². The maximum Gasteiger partial charge on any atom is 0.264 e. The lowest BCUT2D eigenvalue weighted by atomic mass is 10.1. The highest BCUT2D eigenvalue weighted by Crippen LogP contribution is 2.36. The van der Waals surface area contributed by atoms with Gasteiger partial charge >= 0.3 is 0 Å². The van der Waals surface area contributed by atoms with Crippen LogP contribution >= 0.6 is 11.3 Å². The van der Waals surface area contributed by atoms with Gasteiger partial charge in [-0.1, -0.05) is 13.8 Å². The SMILES string of the molecule is CC(C)CN1CCC[C@H]1c1ccc(C(=O)N2CCOCC2)s1. The summed E-state index contributed by atoms with van der Waals surface area (Å²) in [5.74, 6) is 0.864. The molecule has 3 rings (SSSR count). The van der Waals surface area contributed by atoms with Gasteiger partial charge in [-0.05, 0) is 37.4 Å². The maximum atomic E-state index is 12.6. The van der Waals surface area contributed by atoms with Crippen molar-refractivity contribution >= 4 is 17.2 Å². The van der Waals surface area contributed by atoms with E-state index in [4.69, 9.17) is 4.74 Å². The van der Waals surface area contributed by atoms with Crippen LogP contribution in [0, 0.1) is 5.92 Å². The van der Waals surface area contributed by atoms with Gasteiger partial charge in [0.25, 0.3) is 5.91 Å². The number of carbonyl (C=O) groups excluding carboxylic acids is 1. The van der Waals surface area contributed by atoms with E-state index in [0.29, 0.717) is 25.2 Å². The molecule has 0 aliphatic carbocycles. The fraction of sp³-hybridized carbons (Fsp3) is 0.706. The van der Waals surface area contributed by atoms with Crippen molar-refractivity contribution in [3.63, 3.8) is 0 Å². The first-order valence-corrected chi connectivity index (χ1v) is 9.17. The summed E-state index contributed by atoms with van der Waals surface area (Å²) in [7, 11) is 0. The van der Waals surface area contributed by atoms with Gasteiger partial charge in [0.15, 0.2) is 0 Å². The smallest absolute Gasteiger partial charge is 0.264 e. The Morgan fingerprint density at radius 3 is 2.82 bits per heavy atom. The van der Waals surface area contributed by atoms with Gasteiger partial charge in [0.05, 0.1) is 18.1 Å². The zero-order chi connectivity index (χ0) is 15.5. The van der Waals surface area contributed by atoms with Crippen LogP contribution in [0.2, 0.25) is 0 Å². The maximum absolute atomic E-state index is 12.6. The first-order chi connectivity index (χ1) is 10.6. The van der Waals surface area contributed by atoms with Crippen LogP contribution in [0.1, 0.15) is 47.3 Å². The van der Waals surface area contributed by atoms with Gasteiger partial charge in [-0.3, -0.25) is 9.69 Å². The second kappa shape index (κ2) is 7.11. The van der Waals surface area contributed by atoms with Crippen molar-refractivity contribution in [2.45, 2.75) is 32.7 Å². The summed E-state index contributed by atoms with van der Waals surface area (Å²) in [5.41, 5.74) is 0. The van der Waals surface area contributed by atoms with Crippen LogP contribution in [0.5, 0.6) is 0 Å². The molecule has 4 nitrogen and oxygen atoms in total. The molecule has 0 N–H and O–H groups in total. The van der Waals surface area contributed by atoms with Gasteiger partial charge in [-0.2, -0.15) is 0 Å². The van der Waals surface area contributed by atoms with E-state index in [1.807, 2.05) is 11.0 Å². The lowest BCUT2D eigenvalue weighted by molar-refractivity contribution is 0.0306. The second-order valence-electron chi connectivity index (χ2n) is 6.65. The normalized spacial score (nSPS) is 23.4. The summed E-state index contributed by atoms with van der Waals surface area (Å²) in [6, 6.07) is 4.70. The summed E-state index contributed by atoms with van der Waals surface area (Å²) in [6.07, 6.45) is 2.49. The Morgan fingerprint density at radius 1 is 1.32 bits per heavy atom. The molecule has 22 heavy (non-hydrogen) atoms. The second-order valence-corrected chi connectivity index (χ2v) is 7.77. The third kappa shape index (κ3) is 3.53. The third-order valence-corrected chi connectivity index (χ3v) is 5.60. The van der Waals surface area contributed by atoms with Gasteiger partial charge in [0.1, 0.15) is 0 Å². The molecule has 122 valence electrons. The van der Waals surface area contributed by atoms with Crippen LogP contribution in [0.15, 0.2) is 12.1 Å². The number of rotatable bonds is 4. The molecular formula is C17H26N2O2S. The number of ether oxygens (including phenoxy) is 1. The van der Waals surface area contributed by atoms with E-state index in [1.54, 1.807) is 11.3 Å².